The molecule has 1 aromatic heterocycles. The largest absolute Gasteiger partial charge is 0.489 e. The molecule has 4 aromatic rings. The second-order valence-corrected chi connectivity index (χ2v) is 11.3. The summed E-state index contributed by atoms with van der Waals surface area (Å²) in [6.07, 6.45) is 0.818. The van der Waals surface area contributed by atoms with E-state index in [1.807, 2.05) is 49.4 Å². The highest BCUT2D eigenvalue weighted by atomic mass is 35.5. The third-order valence-corrected chi connectivity index (χ3v) is 8.45. The maximum absolute atomic E-state index is 12.0. The van der Waals surface area contributed by atoms with Crippen molar-refractivity contribution in [2.45, 2.75) is 62.0 Å². The van der Waals surface area contributed by atoms with Crippen LogP contribution in [0.2, 0.25) is 5.02 Å². The average molecular weight is 520 g/mol. The van der Waals surface area contributed by atoms with Crippen LogP contribution < -0.4 is 4.74 Å². The van der Waals surface area contributed by atoms with E-state index in [4.69, 9.17) is 16.3 Å². The number of aromatic nitrogens is 1. The van der Waals surface area contributed by atoms with Crippen molar-refractivity contribution in [2.75, 3.05) is 0 Å². The van der Waals surface area contributed by atoms with Crippen LogP contribution in [0.25, 0.3) is 10.9 Å². The number of hydrogen-bond acceptors (Lipinski definition) is 3. The molecule has 2 heterocycles. The van der Waals surface area contributed by atoms with Crippen molar-refractivity contribution in [1.82, 2.24) is 4.57 Å². The van der Waals surface area contributed by atoms with E-state index in [1.165, 1.54) is 10.9 Å². The first-order valence-electron chi connectivity index (χ1n) is 12.4. The molecule has 0 saturated carbocycles. The zero-order valence-corrected chi connectivity index (χ0v) is 22.3. The lowest BCUT2D eigenvalue weighted by Crippen LogP contribution is -2.17. The van der Waals surface area contributed by atoms with Crippen molar-refractivity contribution in [3.05, 3.63) is 88.6 Å². The minimum absolute atomic E-state index is 0.0431. The van der Waals surface area contributed by atoms with Crippen LogP contribution in [0.4, 0.5) is 0 Å². The number of carboxylic acids is 1. The third-order valence-electron chi connectivity index (χ3n) is 7.07. The van der Waals surface area contributed by atoms with Crippen molar-refractivity contribution in [3.8, 4) is 5.75 Å². The number of nitrogens with zero attached hydrogens (tertiary/aromatic N) is 1. The first-order chi connectivity index (χ1) is 17.3. The number of benzene rings is 3. The Morgan fingerprint density at radius 2 is 1.83 bits per heavy atom. The van der Waals surface area contributed by atoms with E-state index in [2.05, 4.69) is 42.7 Å². The number of aliphatic carboxylic acids is 1. The Balaban J connectivity index is 1.66. The highest BCUT2D eigenvalue weighted by Gasteiger charge is 2.37. The molecule has 0 bridgehead atoms. The summed E-state index contributed by atoms with van der Waals surface area (Å²) >= 11 is 7.85. The fraction of sp³-hybridized carbons (Fsp3) is 0.300. The number of rotatable bonds is 8. The monoisotopic (exact) mass is 519 g/mol. The van der Waals surface area contributed by atoms with Crippen molar-refractivity contribution in [1.29, 1.82) is 0 Å². The van der Waals surface area contributed by atoms with Gasteiger partial charge in [0.1, 0.15) is 12.4 Å². The molecule has 1 aliphatic heterocycles. The molecule has 186 valence electrons. The molecule has 0 fully saturated rings. The molecule has 4 nitrogen and oxygen atoms in total. The number of fused-ring (bicyclic) bond motifs is 3. The van der Waals surface area contributed by atoms with Crippen LogP contribution in [0.1, 0.15) is 55.8 Å². The van der Waals surface area contributed by atoms with E-state index in [-0.39, 0.29) is 11.8 Å². The lowest BCUT2D eigenvalue weighted by molar-refractivity contribution is -0.141. The smallest absolute Gasteiger partial charge is 0.306 e. The summed E-state index contributed by atoms with van der Waals surface area (Å²) in [5, 5.41) is 11.8. The lowest BCUT2D eigenvalue weighted by atomic mass is 9.89. The first kappa shape index (κ1) is 24.8. The summed E-state index contributed by atoms with van der Waals surface area (Å²) in [4.78, 5) is 14.3. The van der Waals surface area contributed by atoms with Gasteiger partial charge in [0, 0.05) is 44.4 Å². The van der Waals surface area contributed by atoms with Crippen LogP contribution >= 0.6 is 23.4 Å². The Kier molecular flexibility index (Phi) is 7.05. The van der Waals surface area contributed by atoms with Crippen molar-refractivity contribution in [3.63, 3.8) is 0 Å². The van der Waals surface area contributed by atoms with Crippen LogP contribution in [0.3, 0.4) is 0 Å². The van der Waals surface area contributed by atoms with Gasteiger partial charge in [0.25, 0.3) is 0 Å². The van der Waals surface area contributed by atoms with E-state index in [1.54, 1.807) is 11.8 Å². The Morgan fingerprint density at radius 3 is 2.50 bits per heavy atom. The first-order valence-corrected chi connectivity index (χ1v) is 13.6. The Labute approximate surface area is 221 Å². The number of aryl methyl sites for hydroxylation is 1. The van der Waals surface area contributed by atoms with Crippen LogP contribution in [0.5, 0.6) is 5.75 Å². The second kappa shape index (κ2) is 10.2. The van der Waals surface area contributed by atoms with E-state index < -0.39 is 11.9 Å². The molecule has 2 atom stereocenters. The fourth-order valence-electron chi connectivity index (χ4n) is 5.14. The van der Waals surface area contributed by atoms with Crippen LogP contribution in [-0.2, 0) is 17.9 Å². The van der Waals surface area contributed by atoms with Crippen LogP contribution in [-0.4, -0.2) is 15.6 Å². The topological polar surface area (TPSA) is 51.5 Å². The molecule has 5 rings (SSSR count). The number of carbonyl (C=O) groups is 1. The summed E-state index contributed by atoms with van der Waals surface area (Å²) in [5.41, 5.74) is 4.59. The molecule has 6 heteroatoms. The summed E-state index contributed by atoms with van der Waals surface area (Å²) in [6, 6.07) is 22.3. The van der Waals surface area contributed by atoms with Gasteiger partial charge in [-0.3, -0.25) is 4.79 Å². The zero-order valence-electron chi connectivity index (χ0n) is 20.7. The number of carboxylic acid groups (broad SMARTS) is 1. The maximum atomic E-state index is 12.0. The van der Waals surface area contributed by atoms with Gasteiger partial charge in [-0.15, -0.1) is 0 Å². The average Bonchev–Trinajstić information content (AvgIpc) is 3.43. The van der Waals surface area contributed by atoms with Crippen LogP contribution in [0, 0.1) is 5.92 Å². The molecular formula is C30H30ClNO3S. The molecule has 0 spiro atoms. The molecule has 36 heavy (non-hydrogen) atoms. The van der Waals surface area contributed by atoms with E-state index in [9.17, 15) is 9.90 Å². The van der Waals surface area contributed by atoms with Gasteiger partial charge in [0.2, 0.25) is 0 Å². The minimum atomic E-state index is -0.753. The van der Waals surface area contributed by atoms with Gasteiger partial charge >= 0.3 is 5.97 Å². The van der Waals surface area contributed by atoms with Gasteiger partial charge in [0.05, 0.1) is 11.4 Å². The summed E-state index contributed by atoms with van der Waals surface area (Å²) in [7, 11) is 0. The van der Waals surface area contributed by atoms with Gasteiger partial charge < -0.3 is 14.4 Å². The summed E-state index contributed by atoms with van der Waals surface area (Å²) < 4.78 is 8.61. The van der Waals surface area contributed by atoms with Gasteiger partial charge in [-0.25, -0.2) is 0 Å². The summed E-state index contributed by atoms with van der Waals surface area (Å²) in [6.45, 7) is 7.53. The van der Waals surface area contributed by atoms with Crippen molar-refractivity contribution in [2.24, 2.45) is 5.92 Å². The molecule has 0 amide bonds. The van der Waals surface area contributed by atoms with E-state index in [0.717, 1.165) is 45.3 Å². The quantitative estimate of drug-likeness (QED) is 0.254. The van der Waals surface area contributed by atoms with Gasteiger partial charge in [-0.2, -0.15) is 0 Å². The van der Waals surface area contributed by atoms with Gasteiger partial charge in [-0.05, 0) is 53.8 Å². The van der Waals surface area contributed by atoms with E-state index in [0.29, 0.717) is 11.6 Å². The van der Waals surface area contributed by atoms with Crippen LogP contribution in [0.15, 0.2) is 76.5 Å². The number of halogens is 1. The molecule has 1 N–H and O–H groups in total. The number of ether oxygens (including phenoxy) is 1. The summed E-state index contributed by atoms with van der Waals surface area (Å²) in [5.74, 6) is -0.143. The van der Waals surface area contributed by atoms with E-state index >= 15 is 0 Å². The molecule has 3 aromatic carbocycles. The van der Waals surface area contributed by atoms with Crippen molar-refractivity contribution < 1.29 is 14.6 Å². The Bertz CT molecular complexity index is 1400. The molecular weight excluding hydrogens is 490 g/mol. The van der Waals surface area contributed by atoms with Gasteiger partial charge in [0.15, 0.2) is 0 Å². The second-order valence-electron chi connectivity index (χ2n) is 9.78. The van der Waals surface area contributed by atoms with Crippen molar-refractivity contribution >= 4 is 40.2 Å². The number of hydrogen-bond donors (Lipinski definition) is 1. The maximum Gasteiger partial charge on any atom is 0.306 e. The Hall–Kier alpha value is -2.89. The molecule has 0 saturated heterocycles. The Morgan fingerprint density at radius 1 is 1.11 bits per heavy atom. The molecule has 2 unspecified atom stereocenters. The normalized spacial score (nSPS) is 15.9. The molecule has 0 aliphatic carbocycles. The predicted molar refractivity (Wildman–Crippen MR) is 147 cm³/mol. The fourth-order valence-corrected chi connectivity index (χ4v) is 6.46. The molecule has 1 aliphatic rings. The minimum Gasteiger partial charge on any atom is -0.489 e. The van der Waals surface area contributed by atoms with Gasteiger partial charge in [-0.1, -0.05) is 74.5 Å². The zero-order chi connectivity index (χ0) is 25.4. The lowest BCUT2D eigenvalue weighted by Gasteiger charge is -2.18. The highest BCUT2D eigenvalue weighted by molar-refractivity contribution is 7.99. The third kappa shape index (κ3) is 4.74. The SMILES string of the molecule is CC(C)c1cc(OCc2ccccc2)cc2c1c(Sc1ccc(Cl)cc1)c1n2CCC1C(C)C(=O)O. The molecule has 0 radical (unpaired) electrons. The highest BCUT2D eigenvalue weighted by Crippen LogP contribution is 2.50. The standard InChI is InChI=1S/C30H30ClNO3S/c1-18(2)25-15-22(35-17-20-7-5-4-6-8-20)16-26-27(25)29(36-23-11-9-21(31)10-12-23)28-24(13-14-32(26)28)19(3)30(33)34/h4-12,15-16,18-19,24H,13-14,17H2,1-3H3,(H,33,34). The predicted octanol–water partition coefficient (Wildman–Crippen LogP) is 8.36.